The Kier molecular flexibility index (Phi) is 7.12. The van der Waals surface area contributed by atoms with Crippen molar-refractivity contribution >= 4 is 58.1 Å². The van der Waals surface area contributed by atoms with Crippen LogP contribution in [0, 0.1) is 0 Å². The number of nitrogens with two attached hydrogens (primary N) is 1. The minimum atomic E-state index is -1.13. The number of hydrogen-bond acceptors (Lipinski definition) is 6. The molecule has 2 aromatic rings. The monoisotopic (exact) mass is 431 g/mol. The number of esters is 1. The van der Waals surface area contributed by atoms with Crippen LogP contribution in [0.15, 0.2) is 24.3 Å². The summed E-state index contributed by atoms with van der Waals surface area (Å²) < 4.78 is 10.4. The Labute approximate surface area is 170 Å². The lowest BCUT2D eigenvalue weighted by Gasteiger charge is -2.15. The Morgan fingerprint density at radius 1 is 1.19 bits per heavy atom. The smallest absolute Gasteiger partial charge is 0.359 e. The molecule has 1 aromatic carbocycles. The van der Waals surface area contributed by atoms with Gasteiger partial charge in [-0.15, -0.1) is 0 Å². The van der Waals surface area contributed by atoms with Crippen molar-refractivity contribution in [2.24, 2.45) is 0 Å². The summed E-state index contributed by atoms with van der Waals surface area (Å²) in [5.74, 6) is -0.829. The number of pyridine rings is 1. The summed E-state index contributed by atoms with van der Waals surface area (Å²) >= 11 is 17.6. The normalized spacial score (nSPS) is 11.6. The van der Waals surface area contributed by atoms with Crippen molar-refractivity contribution in [1.29, 1.82) is 0 Å². The van der Waals surface area contributed by atoms with E-state index in [0.717, 1.165) is 0 Å². The third kappa shape index (κ3) is 5.15. The van der Waals surface area contributed by atoms with E-state index in [1.54, 1.807) is 24.3 Å². The van der Waals surface area contributed by atoms with Crippen LogP contribution in [0.25, 0.3) is 0 Å². The number of ether oxygens (including phenoxy) is 2. The zero-order chi connectivity index (χ0) is 20.1. The van der Waals surface area contributed by atoms with Crippen molar-refractivity contribution in [2.75, 3.05) is 17.7 Å². The summed E-state index contributed by atoms with van der Waals surface area (Å²) in [6, 6.07) is 6.74. The minimum absolute atomic E-state index is 0.0699. The molecule has 0 fully saturated rings. The van der Waals surface area contributed by atoms with Gasteiger partial charge in [-0.3, -0.25) is 4.79 Å². The summed E-state index contributed by atoms with van der Waals surface area (Å²) in [5.41, 5.74) is 5.75. The number of rotatable bonds is 6. The molecule has 1 amide bonds. The Hall–Kier alpha value is -2.22. The molecule has 27 heavy (non-hydrogen) atoms. The molecule has 2 rings (SSSR count). The Morgan fingerprint density at radius 3 is 2.41 bits per heavy atom. The number of nitrogen functional groups attached to an aromatic ring is 1. The van der Waals surface area contributed by atoms with E-state index in [9.17, 15) is 9.59 Å². The first-order chi connectivity index (χ1) is 12.7. The first-order valence-electron chi connectivity index (χ1n) is 7.79. The zero-order valence-corrected chi connectivity index (χ0v) is 16.7. The van der Waals surface area contributed by atoms with Crippen LogP contribution in [0.3, 0.4) is 0 Å². The molecule has 0 spiro atoms. The molecule has 144 valence electrons. The fraction of sp³-hybridized carbons (Fsp3) is 0.235. The summed E-state index contributed by atoms with van der Waals surface area (Å²) in [4.78, 5) is 28.2. The fourth-order valence-corrected chi connectivity index (χ4v) is 2.57. The van der Waals surface area contributed by atoms with E-state index in [1.165, 1.54) is 6.92 Å². The van der Waals surface area contributed by atoms with Gasteiger partial charge in [-0.25, -0.2) is 9.78 Å². The van der Waals surface area contributed by atoms with Crippen LogP contribution in [0.4, 0.5) is 11.4 Å². The molecule has 7 nitrogen and oxygen atoms in total. The molecule has 3 N–H and O–H groups in total. The highest BCUT2D eigenvalue weighted by molar-refractivity contribution is 6.46. The molecule has 1 unspecified atom stereocenters. The van der Waals surface area contributed by atoms with Gasteiger partial charge in [0, 0.05) is 5.69 Å². The van der Waals surface area contributed by atoms with Crippen molar-refractivity contribution in [3.63, 3.8) is 0 Å². The predicted molar refractivity (Wildman–Crippen MR) is 105 cm³/mol. The number of amides is 1. The van der Waals surface area contributed by atoms with Crippen molar-refractivity contribution in [1.82, 2.24) is 4.98 Å². The lowest BCUT2D eigenvalue weighted by molar-refractivity contribution is -0.123. The molecule has 0 aliphatic carbocycles. The molecule has 1 aromatic heterocycles. The summed E-state index contributed by atoms with van der Waals surface area (Å²) in [7, 11) is 0. The first kappa shape index (κ1) is 21.1. The van der Waals surface area contributed by atoms with E-state index in [-0.39, 0.29) is 26.6 Å². The maximum atomic E-state index is 12.2. The van der Waals surface area contributed by atoms with Gasteiger partial charge in [0.05, 0.1) is 17.3 Å². The third-order valence-electron chi connectivity index (χ3n) is 3.35. The second-order valence-electron chi connectivity index (χ2n) is 5.29. The molecule has 0 aliphatic heterocycles. The first-order valence-corrected chi connectivity index (χ1v) is 8.92. The number of halogens is 3. The highest BCUT2D eigenvalue weighted by atomic mass is 35.5. The van der Waals surface area contributed by atoms with Crippen LogP contribution < -0.4 is 15.8 Å². The lowest BCUT2D eigenvalue weighted by atomic mass is 10.2. The maximum Gasteiger partial charge on any atom is 0.359 e. The number of anilines is 2. The third-order valence-corrected chi connectivity index (χ3v) is 4.49. The summed E-state index contributed by atoms with van der Waals surface area (Å²) in [6.45, 7) is 3.80. The molecule has 1 heterocycles. The van der Waals surface area contributed by atoms with Crippen LogP contribution >= 0.6 is 34.8 Å². The van der Waals surface area contributed by atoms with Gasteiger partial charge in [-0.05, 0) is 38.1 Å². The second kappa shape index (κ2) is 9.12. The molecule has 1 atom stereocenters. The molecular weight excluding hydrogens is 417 g/mol. The van der Waals surface area contributed by atoms with Crippen LogP contribution in [0.1, 0.15) is 24.3 Å². The van der Waals surface area contributed by atoms with E-state index >= 15 is 0 Å². The van der Waals surface area contributed by atoms with Gasteiger partial charge in [-0.2, -0.15) is 0 Å². The Morgan fingerprint density at radius 2 is 1.81 bits per heavy atom. The van der Waals surface area contributed by atoms with E-state index in [2.05, 4.69) is 10.3 Å². The number of carbonyl (C=O) groups excluding carboxylic acids is 2. The van der Waals surface area contributed by atoms with E-state index in [0.29, 0.717) is 18.0 Å². The van der Waals surface area contributed by atoms with Gasteiger partial charge in [-0.1, -0.05) is 34.8 Å². The number of hydrogen-bond donors (Lipinski definition) is 2. The highest BCUT2D eigenvalue weighted by Gasteiger charge is 2.25. The van der Waals surface area contributed by atoms with Crippen LogP contribution in [-0.4, -0.2) is 29.6 Å². The zero-order valence-electron chi connectivity index (χ0n) is 14.4. The van der Waals surface area contributed by atoms with E-state index in [1.807, 2.05) is 6.92 Å². The molecule has 10 heteroatoms. The average Bonchev–Trinajstić information content (AvgIpc) is 2.64. The Balaban J connectivity index is 2.04. The highest BCUT2D eigenvalue weighted by Crippen LogP contribution is 2.34. The second-order valence-corrected chi connectivity index (χ2v) is 6.40. The van der Waals surface area contributed by atoms with Gasteiger partial charge in [0.2, 0.25) is 0 Å². The van der Waals surface area contributed by atoms with Crippen molar-refractivity contribution in [3.8, 4) is 5.75 Å². The van der Waals surface area contributed by atoms with Crippen molar-refractivity contribution in [2.45, 2.75) is 20.0 Å². The molecule has 0 bridgehead atoms. The van der Waals surface area contributed by atoms with Gasteiger partial charge >= 0.3 is 5.97 Å². The van der Waals surface area contributed by atoms with Crippen LogP contribution in [0.5, 0.6) is 5.75 Å². The average molecular weight is 433 g/mol. The maximum absolute atomic E-state index is 12.2. The molecule has 0 aliphatic rings. The standard InChI is InChI=1S/C17H16Cl3N3O4/c1-3-26-10-6-4-9(5-7-10)22-16(24)8(2)27-17(25)14-11(18)13(21)12(19)15(20)23-14/h4-8H,3H2,1-2H3,(H2,21,23)(H,22,24). The largest absolute Gasteiger partial charge is 0.494 e. The minimum Gasteiger partial charge on any atom is -0.494 e. The molecule has 0 saturated heterocycles. The number of nitrogens with zero attached hydrogens (tertiary/aromatic N) is 1. The van der Waals surface area contributed by atoms with Gasteiger partial charge in [0.25, 0.3) is 5.91 Å². The molecule has 0 saturated carbocycles. The number of benzene rings is 1. The molecular formula is C17H16Cl3N3O4. The predicted octanol–water partition coefficient (Wildman–Crippen LogP) is 4.21. The summed E-state index contributed by atoms with van der Waals surface area (Å²) in [6.07, 6.45) is -1.13. The fourth-order valence-electron chi connectivity index (χ4n) is 1.98. The quantitative estimate of drug-likeness (QED) is 0.523. The SMILES string of the molecule is CCOc1ccc(NC(=O)C(C)OC(=O)c2nc(Cl)c(Cl)c(N)c2Cl)cc1. The number of aromatic nitrogens is 1. The van der Waals surface area contributed by atoms with Gasteiger partial charge < -0.3 is 20.5 Å². The van der Waals surface area contributed by atoms with Gasteiger partial charge in [0.15, 0.2) is 17.0 Å². The van der Waals surface area contributed by atoms with Crippen LogP contribution in [-0.2, 0) is 9.53 Å². The lowest BCUT2D eigenvalue weighted by Crippen LogP contribution is -2.30. The van der Waals surface area contributed by atoms with Crippen molar-refractivity contribution < 1.29 is 19.1 Å². The van der Waals surface area contributed by atoms with Crippen LogP contribution in [0.2, 0.25) is 15.2 Å². The Bertz CT molecular complexity index is 859. The van der Waals surface area contributed by atoms with E-state index in [4.69, 9.17) is 50.0 Å². The number of nitrogens with one attached hydrogen (secondary N) is 1. The number of carbonyl (C=O) groups is 2. The van der Waals surface area contributed by atoms with Gasteiger partial charge in [0.1, 0.15) is 10.8 Å². The van der Waals surface area contributed by atoms with E-state index < -0.39 is 18.0 Å². The topological polar surface area (TPSA) is 104 Å². The van der Waals surface area contributed by atoms with Crippen molar-refractivity contribution in [3.05, 3.63) is 45.2 Å². The molecule has 0 radical (unpaired) electrons. The summed E-state index contributed by atoms with van der Waals surface area (Å²) in [5, 5.41) is 2.15.